The third kappa shape index (κ3) is 4.34. The molecule has 1 heterocycles. The van der Waals surface area contributed by atoms with Crippen molar-refractivity contribution in [3.63, 3.8) is 0 Å². The third-order valence-corrected chi connectivity index (χ3v) is 7.95. The normalized spacial score (nSPS) is 12.0. The lowest BCUT2D eigenvalue weighted by Crippen LogP contribution is -2.11. The second-order valence-electron chi connectivity index (χ2n) is 6.30. The van der Waals surface area contributed by atoms with Crippen molar-refractivity contribution in [2.45, 2.75) is 11.5 Å². The van der Waals surface area contributed by atoms with Crippen molar-refractivity contribution in [2.24, 2.45) is 3.15 Å². The molecule has 0 saturated heterocycles. The minimum absolute atomic E-state index is 0.0569. The molecule has 8 heteroatoms. The van der Waals surface area contributed by atoms with Gasteiger partial charge in [-0.1, -0.05) is 54.6 Å². The molecule has 0 bridgehead atoms. The summed E-state index contributed by atoms with van der Waals surface area (Å²) in [6, 6.07) is 24.9. The van der Waals surface area contributed by atoms with Crippen molar-refractivity contribution in [1.29, 1.82) is 0 Å². The largest absolute Gasteiger partial charge is 0.443 e. The van der Waals surface area contributed by atoms with Crippen LogP contribution in [0.3, 0.4) is 0 Å². The lowest BCUT2D eigenvalue weighted by molar-refractivity contribution is 0.152. The van der Waals surface area contributed by atoms with Gasteiger partial charge in [-0.05, 0) is 30.3 Å². The number of aromatic nitrogens is 1. The number of halogens is 1. The summed E-state index contributed by atoms with van der Waals surface area (Å²) in [5, 5.41) is 0.711. The molecule has 0 radical (unpaired) electrons. The highest BCUT2D eigenvalue weighted by Crippen LogP contribution is 2.26. The molecule has 0 aliphatic carbocycles. The van der Waals surface area contributed by atoms with E-state index >= 15 is 0 Å². The van der Waals surface area contributed by atoms with E-state index in [0.717, 1.165) is 3.57 Å². The molecule has 0 saturated carbocycles. The van der Waals surface area contributed by atoms with Crippen molar-refractivity contribution in [3.05, 3.63) is 100 Å². The smallest absolute Gasteiger partial charge is 0.438 e. The molecular weight excluding hydrogens is 515 g/mol. The van der Waals surface area contributed by atoms with E-state index in [4.69, 9.17) is 4.74 Å². The first-order valence-electron chi connectivity index (χ1n) is 9.02. The summed E-state index contributed by atoms with van der Waals surface area (Å²) in [5.74, 6) is 0. The number of para-hydroxylation sites is 1. The van der Waals surface area contributed by atoms with Crippen LogP contribution in [0.1, 0.15) is 5.56 Å². The fourth-order valence-electron chi connectivity index (χ4n) is 2.96. The van der Waals surface area contributed by atoms with Gasteiger partial charge in [0.15, 0.2) is 0 Å². The molecule has 0 fully saturated rings. The predicted octanol–water partition coefficient (Wildman–Crippen LogP) is 5.54. The van der Waals surface area contributed by atoms with Crippen molar-refractivity contribution in [2.75, 3.05) is 0 Å². The molecule has 0 aliphatic heterocycles. The van der Waals surface area contributed by atoms with Gasteiger partial charge in [0.1, 0.15) is 6.61 Å². The second kappa shape index (κ2) is 8.88. The molecule has 3 aromatic carbocycles. The minimum atomic E-state index is -3.77. The summed E-state index contributed by atoms with van der Waals surface area (Å²) in [6.07, 6.45) is 0.862. The first-order valence-corrected chi connectivity index (χ1v) is 12.5. The van der Waals surface area contributed by atoms with Crippen LogP contribution in [0.4, 0.5) is 4.79 Å². The summed E-state index contributed by atoms with van der Waals surface area (Å²) < 4.78 is 37.8. The Hall–Kier alpha value is -2.85. The van der Waals surface area contributed by atoms with Crippen LogP contribution in [-0.2, 0) is 21.4 Å². The predicted molar refractivity (Wildman–Crippen MR) is 123 cm³/mol. The molecule has 1 amide bonds. The zero-order valence-corrected chi connectivity index (χ0v) is 18.7. The number of fused-ring (bicyclic) bond motifs is 1. The number of carbonyl (C=O) groups excluding carboxylic acids is 1. The van der Waals surface area contributed by atoms with Gasteiger partial charge in [-0.3, -0.25) is 0 Å². The van der Waals surface area contributed by atoms with Gasteiger partial charge >= 0.3 is 6.09 Å². The Labute approximate surface area is 184 Å². The van der Waals surface area contributed by atoms with E-state index in [9.17, 15) is 13.2 Å². The molecule has 0 N–H and O–H groups in total. The molecular formula is C22H17IN2O4S. The van der Waals surface area contributed by atoms with E-state index in [2.05, 4.69) is 3.15 Å². The number of hydrogen-bond acceptors (Lipinski definition) is 4. The average molecular weight is 532 g/mol. The molecule has 0 aliphatic rings. The maximum atomic E-state index is 13.1. The first kappa shape index (κ1) is 20.4. The summed E-state index contributed by atoms with van der Waals surface area (Å²) in [7, 11) is -3.77. The number of amides is 1. The summed E-state index contributed by atoms with van der Waals surface area (Å²) in [6.45, 7) is -0.0569. The van der Waals surface area contributed by atoms with Gasteiger partial charge in [-0.2, -0.15) is 0 Å². The molecule has 4 rings (SSSR count). The van der Waals surface area contributed by atoms with E-state index in [-0.39, 0.29) is 11.5 Å². The van der Waals surface area contributed by atoms with E-state index in [0.29, 0.717) is 16.5 Å². The topological polar surface area (TPSA) is 77.7 Å². The molecule has 6 nitrogen and oxygen atoms in total. The Bertz CT molecular complexity index is 1320. The quantitative estimate of drug-likeness (QED) is 0.317. The van der Waals surface area contributed by atoms with Gasteiger partial charge in [0.2, 0.25) is 0 Å². The van der Waals surface area contributed by atoms with Crippen molar-refractivity contribution < 1.29 is 17.9 Å². The zero-order chi connectivity index (χ0) is 21.0. The van der Waals surface area contributed by atoms with Crippen LogP contribution < -0.4 is 0 Å². The Morgan fingerprint density at radius 2 is 1.53 bits per heavy atom. The lowest BCUT2D eigenvalue weighted by Gasteiger charge is -2.07. The summed E-state index contributed by atoms with van der Waals surface area (Å²) in [4.78, 5) is 12.3. The highest BCUT2D eigenvalue weighted by atomic mass is 127. The third-order valence-electron chi connectivity index (χ3n) is 4.35. The molecule has 1 aromatic heterocycles. The Morgan fingerprint density at radius 3 is 2.27 bits per heavy atom. The average Bonchev–Trinajstić information content (AvgIpc) is 3.17. The zero-order valence-electron chi connectivity index (χ0n) is 15.7. The number of nitrogens with zero attached hydrogens (tertiary/aromatic N) is 2. The fourth-order valence-corrected chi connectivity index (χ4v) is 5.72. The standard InChI is InChI=1S/C22H17IN2O4S/c26-22(24-23-18-9-3-1-4-10-18)29-16-17-15-25(21-14-8-7-13-20(17)21)30(27,28)19-11-5-2-6-12-19/h1-15H,16H2. The number of rotatable bonds is 5. The van der Waals surface area contributed by atoms with E-state index in [1.54, 1.807) is 42.5 Å². The van der Waals surface area contributed by atoms with Gasteiger partial charge in [0.05, 0.1) is 10.4 Å². The SMILES string of the molecule is O=C(N=Ic1ccccc1)OCc1cn(S(=O)(=O)c2ccccc2)c2ccccc12. The Kier molecular flexibility index (Phi) is 6.05. The van der Waals surface area contributed by atoms with Crippen LogP contribution in [0.15, 0.2) is 99.2 Å². The molecule has 30 heavy (non-hydrogen) atoms. The van der Waals surface area contributed by atoms with E-state index < -0.39 is 37.1 Å². The molecule has 4 aromatic rings. The molecule has 0 spiro atoms. The fraction of sp³-hybridized carbons (Fsp3) is 0.0455. The molecule has 152 valence electrons. The van der Waals surface area contributed by atoms with Gasteiger partial charge in [-0.25, -0.2) is 17.2 Å². The van der Waals surface area contributed by atoms with Gasteiger partial charge in [-0.15, -0.1) is 3.15 Å². The van der Waals surface area contributed by atoms with Gasteiger partial charge in [0.25, 0.3) is 10.0 Å². The minimum Gasteiger partial charge on any atom is -0.443 e. The number of hydrogen-bond donors (Lipinski definition) is 0. The maximum absolute atomic E-state index is 13.1. The first-order chi connectivity index (χ1) is 14.6. The maximum Gasteiger partial charge on any atom is 0.438 e. The number of benzene rings is 3. The summed E-state index contributed by atoms with van der Waals surface area (Å²) in [5.41, 5.74) is 1.13. The number of ether oxygens (including phenoxy) is 1. The van der Waals surface area contributed by atoms with E-state index in [1.165, 1.54) is 10.2 Å². The van der Waals surface area contributed by atoms with Crippen molar-refractivity contribution >= 4 is 48.1 Å². The van der Waals surface area contributed by atoms with Crippen LogP contribution in [0.25, 0.3) is 10.9 Å². The van der Waals surface area contributed by atoms with E-state index in [1.807, 2.05) is 42.5 Å². The highest BCUT2D eigenvalue weighted by Gasteiger charge is 2.21. The highest BCUT2D eigenvalue weighted by molar-refractivity contribution is 14.2. The Balaban J connectivity index is 1.60. The summed E-state index contributed by atoms with van der Waals surface area (Å²) >= 11 is -0.827. The molecule has 0 atom stereocenters. The van der Waals surface area contributed by atoms with Crippen molar-refractivity contribution in [1.82, 2.24) is 3.97 Å². The van der Waals surface area contributed by atoms with Gasteiger partial charge < -0.3 is 4.74 Å². The van der Waals surface area contributed by atoms with Crippen LogP contribution in [0.5, 0.6) is 0 Å². The van der Waals surface area contributed by atoms with Crippen molar-refractivity contribution in [3.8, 4) is 0 Å². The van der Waals surface area contributed by atoms with Crippen LogP contribution in [0.2, 0.25) is 0 Å². The second-order valence-corrected chi connectivity index (χ2v) is 10.3. The molecule has 0 unspecified atom stereocenters. The van der Waals surface area contributed by atoms with Crippen LogP contribution in [-0.4, -0.2) is 18.5 Å². The van der Waals surface area contributed by atoms with Crippen LogP contribution in [0, 0.1) is 3.57 Å². The Morgan fingerprint density at radius 1 is 0.900 bits per heavy atom. The van der Waals surface area contributed by atoms with Gasteiger partial charge in [0, 0.05) is 41.7 Å². The number of carbonyl (C=O) groups is 1. The monoisotopic (exact) mass is 532 g/mol. The lowest BCUT2D eigenvalue weighted by atomic mass is 10.2. The van der Waals surface area contributed by atoms with Crippen LogP contribution >= 0.6 is 21.0 Å².